The first-order valence-corrected chi connectivity index (χ1v) is 7.87. The van der Waals surface area contributed by atoms with Crippen molar-refractivity contribution in [2.75, 3.05) is 6.61 Å². The maximum Gasteiger partial charge on any atom is 0.312 e. The Morgan fingerprint density at radius 2 is 1.78 bits per heavy atom. The van der Waals surface area contributed by atoms with Gasteiger partial charge in [0.1, 0.15) is 11.5 Å². The average molecular weight is 371 g/mol. The number of para-hydroxylation sites is 1. The number of nitrogens with one attached hydrogen (secondary N) is 2. The Hall–Kier alpha value is -3.75. The van der Waals surface area contributed by atoms with Crippen molar-refractivity contribution in [3.05, 3.63) is 65.6 Å². The van der Waals surface area contributed by atoms with Crippen LogP contribution in [0.15, 0.2) is 53.1 Å². The molecule has 0 radical (unpaired) electrons. The fourth-order valence-corrected chi connectivity index (χ4v) is 2.27. The van der Waals surface area contributed by atoms with Crippen molar-refractivity contribution >= 4 is 28.8 Å². The second-order valence-electron chi connectivity index (χ2n) is 5.45. The van der Waals surface area contributed by atoms with Gasteiger partial charge in [0.2, 0.25) is 0 Å². The number of fused-ring (bicyclic) bond motifs is 1. The first-order chi connectivity index (χ1) is 13.0. The van der Waals surface area contributed by atoms with E-state index in [9.17, 15) is 18.8 Å². The molecule has 0 fully saturated rings. The third kappa shape index (κ3) is 4.46. The number of hydrogen-bond donors (Lipinski definition) is 2. The van der Waals surface area contributed by atoms with E-state index in [-0.39, 0.29) is 12.0 Å². The van der Waals surface area contributed by atoms with Gasteiger partial charge in [0, 0.05) is 5.39 Å². The van der Waals surface area contributed by atoms with Crippen molar-refractivity contribution in [3.63, 3.8) is 0 Å². The lowest BCUT2D eigenvalue weighted by Gasteiger charge is -2.08. The molecule has 0 bridgehead atoms. The van der Waals surface area contributed by atoms with Gasteiger partial charge >= 0.3 is 5.97 Å². The van der Waals surface area contributed by atoms with Gasteiger partial charge in [0.15, 0.2) is 12.2 Å². The van der Waals surface area contributed by atoms with E-state index in [1.165, 1.54) is 18.2 Å². The van der Waals surface area contributed by atoms with Crippen molar-refractivity contribution in [2.45, 2.75) is 6.42 Å². The molecule has 0 saturated heterocycles. The highest BCUT2D eigenvalue weighted by Crippen LogP contribution is 2.18. The lowest BCUT2D eigenvalue weighted by atomic mass is 10.2. The minimum atomic E-state index is -0.832. The monoisotopic (exact) mass is 371 g/mol. The summed E-state index contributed by atoms with van der Waals surface area (Å²) >= 11 is 0. The second kappa shape index (κ2) is 8.09. The number of carbonyl (C=O) groups is 3. The Kier molecular flexibility index (Phi) is 5.41. The number of rotatable bonds is 5. The van der Waals surface area contributed by atoms with Gasteiger partial charge in [-0.05, 0) is 24.3 Å². The molecule has 0 aliphatic heterocycles. The zero-order valence-electron chi connectivity index (χ0n) is 13.9. The number of hydrazine groups is 1. The van der Waals surface area contributed by atoms with Gasteiger partial charge in [0.05, 0.1) is 12.0 Å². The third-order valence-corrected chi connectivity index (χ3v) is 3.56. The van der Waals surface area contributed by atoms with Gasteiger partial charge in [0.25, 0.3) is 11.8 Å². The summed E-state index contributed by atoms with van der Waals surface area (Å²) < 4.78 is 23.4. The van der Waals surface area contributed by atoms with Gasteiger partial charge in [-0.15, -0.1) is 0 Å². The zero-order chi connectivity index (χ0) is 19.2. The van der Waals surface area contributed by atoms with Crippen molar-refractivity contribution in [2.24, 2.45) is 0 Å². The predicted molar refractivity (Wildman–Crippen MR) is 90.7 cm³/mol. The molecule has 0 aliphatic carbocycles. The highest BCUT2D eigenvalue weighted by Gasteiger charge is 2.15. The highest BCUT2D eigenvalue weighted by molar-refractivity contribution is 5.95. The van der Waals surface area contributed by atoms with Crippen LogP contribution in [-0.4, -0.2) is 29.5 Å². The van der Waals surface area contributed by atoms with Gasteiger partial charge < -0.3 is 9.26 Å². The summed E-state index contributed by atoms with van der Waals surface area (Å²) in [5.74, 6) is -3.03. The van der Waals surface area contributed by atoms with Crippen LogP contribution in [-0.2, 0) is 20.7 Å². The van der Waals surface area contributed by atoms with E-state index in [2.05, 4.69) is 5.16 Å². The quantitative estimate of drug-likeness (QED) is 0.520. The van der Waals surface area contributed by atoms with E-state index in [0.717, 1.165) is 6.07 Å². The molecule has 8 nitrogen and oxygen atoms in total. The lowest BCUT2D eigenvalue weighted by Crippen LogP contribution is -2.43. The number of benzene rings is 2. The molecule has 0 spiro atoms. The van der Waals surface area contributed by atoms with Crippen LogP contribution in [0, 0.1) is 5.82 Å². The molecule has 138 valence electrons. The molecule has 1 aromatic heterocycles. The largest absolute Gasteiger partial charge is 0.455 e. The number of aromatic nitrogens is 1. The summed E-state index contributed by atoms with van der Waals surface area (Å²) in [6.07, 6.45) is -0.175. The maximum atomic E-state index is 13.5. The van der Waals surface area contributed by atoms with Gasteiger partial charge in [-0.2, -0.15) is 0 Å². The van der Waals surface area contributed by atoms with Crippen molar-refractivity contribution in [1.29, 1.82) is 0 Å². The fourth-order valence-electron chi connectivity index (χ4n) is 2.27. The normalized spacial score (nSPS) is 10.4. The van der Waals surface area contributed by atoms with Gasteiger partial charge in [-0.25, -0.2) is 4.39 Å². The summed E-state index contributed by atoms with van der Waals surface area (Å²) in [4.78, 5) is 35.2. The van der Waals surface area contributed by atoms with Crippen LogP contribution in [0.5, 0.6) is 0 Å². The summed E-state index contributed by atoms with van der Waals surface area (Å²) in [6.45, 7) is -0.619. The average Bonchev–Trinajstić information content (AvgIpc) is 3.08. The van der Waals surface area contributed by atoms with Crippen LogP contribution < -0.4 is 10.9 Å². The van der Waals surface area contributed by atoms with Crippen molar-refractivity contribution < 1.29 is 28.0 Å². The molecule has 2 amide bonds. The standard InChI is InChI=1S/C18H14FN3O5/c19-13-7-3-1-5-11(13)18(25)21-20-16(23)10-26-17(24)9-14-12-6-2-4-8-15(12)27-22-14/h1-8H,9-10H2,(H,20,23)(H,21,25). The van der Waals surface area contributed by atoms with E-state index in [1.807, 2.05) is 10.9 Å². The Morgan fingerprint density at radius 1 is 1.04 bits per heavy atom. The molecule has 1 heterocycles. The summed E-state index contributed by atoms with van der Waals surface area (Å²) in [5.41, 5.74) is 4.77. The van der Waals surface area contributed by atoms with Crippen molar-refractivity contribution in [1.82, 2.24) is 16.0 Å². The van der Waals surface area contributed by atoms with E-state index >= 15 is 0 Å². The van der Waals surface area contributed by atoms with E-state index in [1.54, 1.807) is 24.3 Å². The molecule has 3 rings (SSSR count). The number of halogens is 1. The molecule has 2 aromatic carbocycles. The number of nitrogens with zero attached hydrogens (tertiary/aromatic N) is 1. The molecule has 0 atom stereocenters. The van der Waals surface area contributed by atoms with Crippen LogP contribution in [0.25, 0.3) is 11.0 Å². The molecule has 9 heteroatoms. The van der Waals surface area contributed by atoms with Crippen LogP contribution in [0.4, 0.5) is 4.39 Å². The molecule has 0 unspecified atom stereocenters. The minimum Gasteiger partial charge on any atom is -0.455 e. The van der Waals surface area contributed by atoms with Gasteiger partial charge in [-0.1, -0.05) is 29.4 Å². The Balaban J connectivity index is 1.45. The zero-order valence-corrected chi connectivity index (χ0v) is 13.9. The molecule has 2 N–H and O–H groups in total. The molecule has 3 aromatic rings. The second-order valence-corrected chi connectivity index (χ2v) is 5.45. The summed E-state index contributed by atoms with van der Waals surface area (Å²) in [5, 5.41) is 4.47. The number of ether oxygens (including phenoxy) is 1. The molecular formula is C18H14FN3O5. The molecule has 0 saturated carbocycles. The first kappa shape index (κ1) is 18.1. The number of amides is 2. The lowest BCUT2D eigenvalue weighted by molar-refractivity contribution is -0.148. The first-order valence-electron chi connectivity index (χ1n) is 7.87. The van der Waals surface area contributed by atoms with Crippen molar-refractivity contribution in [3.8, 4) is 0 Å². The smallest absolute Gasteiger partial charge is 0.312 e. The van der Waals surface area contributed by atoms with E-state index in [4.69, 9.17) is 9.26 Å². The maximum absolute atomic E-state index is 13.5. The minimum absolute atomic E-state index is 0.175. The summed E-state index contributed by atoms with van der Waals surface area (Å²) in [6, 6.07) is 12.3. The topological polar surface area (TPSA) is 111 Å². The predicted octanol–water partition coefficient (Wildman–Crippen LogP) is 1.51. The number of carbonyl (C=O) groups excluding carboxylic acids is 3. The van der Waals surface area contributed by atoms with Gasteiger partial charge in [-0.3, -0.25) is 25.2 Å². The van der Waals surface area contributed by atoms with E-state index in [0.29, 0.717) is 16.7 Å². The Bertz CT molecular complexity index is 1000. The third-order valence-electron chi connectivity index (χ3n) is 3.56. The molecular weight excluding hydrogens is 357 g/mol. The Labute approximate surface area is 152 Å². The SMILES string of the molecule is O=C(COC(=O)Cc1noc2ccccc12)NNC(=O)c1ccccc1F. The Morgan fingerprint density at radius 3 is 2.59 bits per heavy atom. The molecule has 27 heavy (non-hydrogen) atoms. The highest BCUT2D eigenvalue weighted by atomic mass is 19.1. The van der Waals surface area contributed by atoms with Crippen LogP contribution >= 0.6 is 0 Å². The fraction of sp³-hybridized carbons (Fsp3) is 0.111. The van der Waals surface area contributed by atoms with Crippen LogP contribution in [0.2, 0.25) is 0 Å². The van der Waals surface area contributed by atoms with Crippen LogP contribution in [0.3, 0.4) is 0 Å². The summed E-state index contributed by atoms with van der Waals surface area (Å²) in [7, 11) is 0. The molecule has 0 aliphatic rings. The van der Waals surface area contributed by atoms with E-state index < -0.39 is 30.2 Å². The number of hydrogen-bond acceptors (Lipinski definition) is 6. The van der Waals surface area contributed by atoms with Crippen LogP contribution in [0.1, 0.15) is 16.1 Å². The number of esters is 1.